The van der Waals surface area contributed by atoms with E-state index in [0.29, 0.717) is 38.6 Å². The van der Waals surface area contributed by atoms with Crippen LogP contribution in [0.25, 0.3) is 22.4 Å². The Hall–Kier alpha value is -3.36. The second kappa shape index (κ2) is 8.88. The molecule has 0 N–H and O–H groups in total. The summed E-state index contributed by atoms with van der Waals surface area (Å²) in [6, 6.07) is 16.5. The molecule has 0 aliphatic rings. The maximum Gasteiger partial charge on any atom is 0.262 e. The van der Waals surface area contributed by atoms with Crippen LogP contribution in [0.5, 0.6) is 0 Å². The normalized spacial score (nSPS) is 12.3. The third kappa shape index (κ3) is 4.44. The molecule has 0 saturated carbocycles. The Kier molecular flexibility index (Phi) is 5.78. The number of nitrogens with zero attached hydrogens (tertiary/aromatic N) is 4. The van der Waals surface area contributed by atoms with E-state index in [9.17, 15) is 4.79 Å². The molecule has 3 aromatic heterocycles. The lowest BCUT2D eigenvalue weighted by Crippen LogP contribution is -2.24. The van der Waals surface area contributed by atoms with Gasteiger partial charge < -0.3 is 8.83 Å². The van der Waals surface area contributed by atoms with Crippen LogP contribution in [0.2, 0.25) is 5.02 Å². The van der Waals surface area contributed by atoms with Crippen molar-refractivity contribution < 1.29 is 8.83 Å². The molecule has 0 aliphatic carbocycles. The van der Waals surface area contributed by atoms with Crippen molar-refractivity contribution >= 4 is 34.3 Å². The average Bonchev–Trinajstić information content (AvgIpc) is 3.48. The molecule has 2 aromatic carbocycles. The Morgan fingerprint density at radius 1 is 1.12 bits per heavy atom. The van der Waals surface area contributed by atoms with Crippen molar-refractivity contribution in [2.75, 3.05) is 0 Å². The van der Waals surface area contributed by atoms with E-state index in [0.717, 1.165) is 11.1 Å². The van der Waals surface area contributed by atoms with Gasteiger partial charge in [0.05, 0.1) is 29.0 Å². The number of benzene rings is 2. The van der Waals surface area contributed by atoms with Crippen LogP contribution in [-0.4, -0.2) is 19.7 Å². The molecule has 33 heavy (non-hydrogen) atoms. The van der Waals surface area contributed by atoms with E-state index in [1.165, 1.54) is 11.8 Å². The Bertz CT molecular complexity index is 1490. The summed E-state index contributed by atoms with van der Waals surface area (Å²) in [5.41, 5.74) is 2.33. The number of thioether (sulfide) groups is 1. The zero-order valence-electron chi connectivity index (χ0n) is 17.9. The summed E-state index contributed by atoms with van der Waals surface area (Å²) in [7, 11) is 0. The molecule has 7 nitrogen and oxygen atoms in total. The monoisotopic (exact) mass is 478 g/mol. The summed E-state index contributed by atoms with van der Waals surface area (Å²) in [6.45, 7) is 4.20. The molecule has 1 atom stereocenters. The van der Waals surface area contributed by atoms with Gasteiger partial charge in [-0.05, 0) is 56.3 Å². The van der Waals surface area contributed by atoms with Crippen molar-refractivity contribution in [1.29, 1.82) is 0 Å². The van der Waals surface area contributed by atoms with Crippen LogP contribution >= 0.6 is 23.4 Å². The van der Waals surface area contributed by atoms with Crippen molar-refractivity contribution in [1.82, 2.24) is 19.7 Å². The van der Waals surface area contributed by atoms with Crippen LogP contribution in [0.4, 0.5) is 0 Å². The zero-order valence-corrected chi connectivity index (χ0v) is 19.4. The molecule has 5 aromatic rings. The highest BCUT2D eigenvalue weighted by Gasteiger charge is 2.21. The van der Waals surface area contributed by atoms with Gasteiger partial charge in [0.2, 0.25) is 11.8 Å². The molecule has 0 radical (unpaired) electrons. The number of hydrogen-bond acceptors (Lipinski definition) is 7. The summed E-state index contributed by atoms with van der Waals surface area (Å²) in [4.78, 5) is 18.0. The Morgan fingerprint density at radius 3 is 2.79 bits per heavy atom. The lowest BCUT2D eigenvalue weighted by atomic mass is 10.1. The molecule has 0 saturated heterocycles. The Balaban J connectivity index is 1.51. The molecule has 0 fully saturated rings. The third-order valence-corrected chi connectivity index (χ3v) is 6.42. The molecule has 3 heterocycles. The first kappa shape index (κ1) is 21.5. The van der Waals surface area contributed by atoms with E-state index in [-0.39, 0.29) is 17.4 Å². The van der Waals surface area contributed by atoms with E-state index < -0.39 is 0 Å². The Labute approximate surface area is 198 Å². The average molecular weight is 479 g/mol. The van der Waals surface area contributed by atoms with Gasteiger partial charge in [0.25, 0.3) is 5.56 Å². The van der Waals surface area contributed by atoms with E-state index in [2.05, 4.69) is 10.2 Å². The highest BCUT2D eigenvalue weighted by Crippen LogP contribution is 2.35. The summed E-state index contributed by atoms with van der Waals surface area (Å²) < 4.78 is 13.0. The van der Waals surface area contributed by atoms with Crippen molar-refractivity contribution in [2.24, 2.45) is 0 Å². The van der Waals surface area contributed by atoms with Gasteiger partial charge in [0.15, 0.2) is 5.16 Å². The number of halogens is 1. The van der Waals surface area contributed by atoms with Gasteiger partial charge in [-0.15, -0.1) is 10.2 Å². The number of aryl methyl sites for hydroxylation is 1. The third-order valence-electron chi connectivity index (χ3n) is 5.11. The van der Waals surface area contributed by atoms with Crippen molar-refractivity contribution in [2.45, 2.75) is 30.8 Å². The van der Waals surface area contributed by atoms with Crippen LogP contribution in [-0.2, 0) is 6.54 Å². The van der Waals surface area contributed by atoms with E-state index in [4.69, 9.17) is 25.4 Å². The number of hydrogen-bond donors (Lipinski definition) is 0. The lowest BCUT2D eigenvalue weighted by molar-refractivity contribution is 0.475. The topological polar surface area (TPSA) is 87.0 Å². The first-order valence-corrected chi connectivity index (χ1v) is 11.5. The second-order valence-electron chi connectivity index (χ2n) is 7.60. The maximum atomic E-state index is 13.3. The highest BCUT2D eigenvalue weighted by molar-refractivity contribution is 7.99. The molecular weight excluding hydrogens is 460 g/mol. The van der Waals surface area contributed by atoms with Gasteiger partial charge in [-0.2, -0.15) is 0 Å². The molecule has 1 unspecified atom stereocenters. The minimum Gasteiger partial charge on any atom is -0.467 e. The molecular formula is C24H19ClN4O3S. The van der Waals surface area contributed by atoms with Crippen LogP contribution in [0.1, 0.15) is 29.4 Å². The second-order valence-corrected chi connectivity index (χ2v) is 9.35. The van der Waals surface area contributed by atoms with Crippen LogP contribution < -0.4 is 5.56 Å². The first-order chi connectivity index (χ1) is 16.0. The summed E-state index contributed by atoms with van der Waals surface area (Å²) >= 11 is 7.51. The largest absolute Gasteiger partial charge is 0.467 e. The van der Waals surface area contributed by atoms with Gasteiger partial charge in [-0.1, -0.05) is 41.1 Å². The molecule has 9 heteroatoms. The summed E-state index contributed by atoms with van der Waals surface area (Å²) in [6.07, 6.45) is 1.58. The van der Waals surface area contributed by atoms with Gasteiger partial charge >= 0.3 is 0 Å². The fourth-order valence-corrected chi connectivity index (χ4v) is 4.57. The molecule has 0 bridgehead atoms. The molecule has 0 aliphatic heterocycles. The highest BCUT2D eigenvalue weighted by atomic mass is 35.5. The first-order valence-electron chi connectivity index (χ1n) is 10.3. The fraction of sp³-hybridized carbons (Fsp3) is 0.167. The van der Waals surface area contributed by atoms with Gasteiger partial charge in [-0.25, -0.2) is 4.98 Å². The van der Waals surface area contributed by atoms with E-state index in [1.807, 2.05) is 44.2 Å². The van der Waals surface area contributed by atoms with Gasteiger partial charge in [-0.3, -0.25) is 9.36 Å². The Morgan fingerprint density at radius 2 is 2.00 bits per heavy atom. The van der Waals surface area contributed by atoms with Crippen molar-refractivity contribution in [3.63, 3.8) is 0 Å². The minimum absolute atomic E-state index is 0.172. The lowest BCUT2D eigenvalue weighted by Gasteiger charge is -2.14. The summed E-state index contributed by atoms with van der Waals surface area (Å²) in [5.74, 6) is 1.55. The van der Waals surface area contributed by atoms with Crippen LogP contribution in [0.15, 0.2) is 79.6 Å². The molecule has 0 amide bonds. The molecule has 5 rings (SSSR count). The molecule has 166 valence electrons. The predicted molar refractivity (Wildman–Crippen MR) is 128 cm³/mol. The number of rotatable bonds is 6. The van der Waals surface area contributed by atoms with Crippen molar-refractivity contribution in [3.8, 4) is 11.5 Å². The number of fused-ring (bicyclic) bond motifs is 1. The molecule has 0 spiro atoms. The fourth-order valence-electron chi connectivity index (χ4n) is 3.46. The van der Waals surface area contributed by atoms with Crippen LogP contribution in [0, 0.1) is 6.92 Å². The maximum absolute atomic E-state index is 13.3. The minimum atomic E-state index is -0.248. The summed E-state index contributed by atoms with van der Waals surface area (Å²) in [5, 5.41) is 9.70. The SMILES string of the molecule is Cc1cccc(-c2nnc(C(C)Sc3nc4cc(Cl)ccc4c(=O)n3Cc3ccco3)o2)c1. The van der Waals surface area contributed by atoms with E-state index in [1.54, 1.807) is 35.1 Å². The van der Waals surface area contributed by atoms with Gasteiger partial charge in [0.1, 0.15) is 5.76 Å². The quantitative estimate of drug-likeness (QED) is 0.221. The number of aromatic nitrogens is 4. The zero-order chi connectivity index (χ0) is 22.9. The number of furan rings is 1. The van der Waals surface area contributed by atoms with Gasteiger partial charge in [0, 0.05) is 10.6 Å². The van der Waals surface area contributed by atoms with Crippen LogP contribution in [0.3, 0.4) is 0 Å². The van der Waals surface area contributed by atoms with E-state index >= 15 is 0 Å². The smallest absolute Gasteiger partial charge is 0.262 e. The predicted octanol–water partition coefficient (Wildman–Crippen LogP) is 5.90. The standard InChI is InChI=1S/C24H19ClN4O3S/c1-14-5-3-6-16(11-14)22-28-27-21(32-22)15(2)33-24-26-20-12-17(25)8-9-19(20)23(30)29(24)13-18-7-4-10-31-18/h3-12,15H,13H2,1-2H3. The van der Waals surface area contributed by atoms with Crippen molar-refractivity contribution in [3.05, 3.63) is 93.5 Å².